The number of ether oxygens (including phenoxy) is 2. The van der Waals surface area contributed by atoms with Crippen LogP contribution in [-0.4, -0.2) is 63.8 Å². The van der Waals surface area contributed by atoms with E-state index in [1.165, 1.54) is 4.68 Å². The van der Waals surface area contributed by atoms with Crippen LogP contribution in [0.1, 0.15) is 36.8 Å². The Morgan fingerprint density at radius 3 is 2.56 bits per heavy atom. The molecule has 2 heterocycles. The molecule has 0 aliphatic rings. The van der Waals surface area contributed by atoms with Crippen molar-refractivity contribution in [2.24, 2.45) is 5.73 Å². The number of amidine groups is 1. The number of nitrogens with zero attached hydrogens (tertiary/aromatic N) is 4. The fraction of sp³-hybridized carbons (Fsp3) is 0.286. The Morgan fingerprint density at radius 2 is 1.92 bits per heavy atom. The summed E-state index contributed by atoms with van der Waals surface area (Å²) in [6, 6.07) is 17.5. The van der Waals surface area contributed by atoms with Gasteiger partial charge in [0, 0.05) is 24.0 Å². The monoisotopic (exact) mass is 530 g/mol. The third-order valence-electron chi connectivity index (χ3n) is 5.83. The van der Waals surface area contributed by atoms with Gasteiger partial charge in [-0.2, -0.15) is 4.68 Å². The molecule has 0 aliphatic heterocycles. The Morgan fingerprint density at radius 1 is 1.15 bits per heavy atom. The van der Waals surface area contributed by atoms with E-state index in [1.807, 2.05) is 58.3 Å². The van der Waals surface area contributed by atoms with Crippen LogP contribution >= 0.6 is 0 Å². The van der Waals surface area contributed by atoms with E-state index in [1.54, 1.807) is 36.5 Å². The third kappa shape index (κ3) is 6.82. The number of pyridine rings is 1. The van der Waals surface area contributed by atoms with E-state index in [-0.39, 0.29) is 11.9 Å². The molecule has 0 spiro atoms. The number of nitrogens with two attached hydrogens (primary N) is 1. The first-order valence-electron chi connectivity index (χ1n) is 12.6. The van der Waals surface area contributed by atoms with Crippen LogP contribution in [0.2, 0.25) is 0 Å². The fourth-order valence-corrected chi connectivity index (χ4v) is 4.17. The highest BCUT2D eigenvalue weighted by Crippen LogP contribution is 2.34. The number of rotatable bonds is 12. The highest BCUT2D eigenvalue weighted by atomic mass is 16.5. The Bertz CT molecular complexity index is 1450. The van der Waals surface area contributed by atoms with Gasteiger partial charge in [-0.25, -0.2) is 9.78 Å². The number of hydrogen-bond acceptors (Lipinski definition) is 8. The molecule has 2 aromatic heterocycles. The van der Waals surface area contributed by atoms with Crippen LogP contribution < -0.4 is 26.2 Å². The predicted molar refractivity (Wildman–Crippen MR) is 151 cm³/mol. The van der Waals surface area contributed by atoms with Crippen molar-refractivity contribution in [3.8, 4) is 17.3 Å². The smallest absolute Gasteiger partial charge is 0.349 e. The van der Waals surface area contributed by atoms with Gasteiger partial charge in [-0.1, -0.05) is 12.1 Å². The normalized spacial score (nSPS) is 12.6. The van der Waals surface area contributed by atoms with E-state index < -0.39 is 11.7 Å². The predicted octanol–water partition coefficient (Wildman–Crippen LogP) is 3.17. The van der Waals surface area contributed by atoms with E-state index >= 15 is 0 Å². The molecule has 0 saturated carbocycles. The van der Waals surface area contributed by atoms with Gasteiger partial charge in [0.05, 0.1) is 6.61 Å². The van der Waals surface area contributed by atoms with Gasteiger partial charge in [-0.3, -0.25) is 10.4 Å². The SMILES string of the molecule is CCOc1cc(C(Nc2ccc(C(=N)N)cc2)c2nn(-c3ccccn3)c(=O)[nH]2)ccc1OC(C)CN(C)C. The second-order valence-electron chi connectivity index (χ2n) is 9.31. The molecule has 0 saturated heterocycles. The molecule has 0 radical (unpaired) electrons. The van der Waals surface area contributed by atoms with Gasteiger partial charge in [-0.15, -0.1) is 5.10 Å². The van der Waals surface area contributed by atoms with Gasteiger partial charge in [0.15, 0.2) is 23.1 Å². The van der Waals surface area contributed by atoms with Crippen molar-refractivity contribution in [3.05, 3.63) is 94.3 Å². The summed E-state index contributed by atoms with van der Waals surface area (Å²) in [6.45, 7) is 5.13. The minimum absolute atomic E-state index is 0.0167. The summed E-state index contributed by atoms with van der Waals surface area (Å²) < 4.78 is 13.4. The summed E-state index contributed by atoms with van der Waals surface area (Å²) in [7, 11) is 3.99. The lowest BCUT2D eigenvalue weighted by atomic mass is 10.0. The van der Waals surface area contributed by atoms with Crippen molar-refractivity contribution < 1.29 is 9.47 Å². The molecule has 2 unspecified atom stereocenters. The lowest BCUT2D eigenvalue weighted by Gasteiger charge is -2.23. The molecule has 2 atom stereocenters. The van der Waals surface area contributed by atoms with E-state index in [0.717, 1.165) is 17.8 Å². The van der Waals surface area contributed by atoms with E-state index in [9.17, 15) is 4.79 Å². The first-order chi connectivity index (χ1) is 18.7. The number of likely N-dealkylation sites (N-methyl/N-ethyl adjacent to an activating group) is 1. The zero-order valence-corrected chi connectivity index (χ0v) is 22.5. The Kier molecular flexibility index (Phi) is 8.62. The molecule has 2 aromatic carbocycles. The first-order valence-corrected chi connectivity index (χ1v) is 12.6. The molecule has 204 valence electrons. The van der Waals surface area contributed by atoms with Crippen molar-refractivity contribution in [1.29, 1.82) is 5.41 Å². The van der Waals surface area contributed by atoms with Crippen LogP contribution in [-0.2, 0) is 0 Å². The molecule has 11 heteroatoms. The van der Waals surface area contributed by atoms with Crippen molar-refractivity contribution in [2.75, 3.05) is 32.6 Å². The second kappa shape index (κ2) is 12.3. The number of nitrogen functional groups attached to an aromatic ring is 1. The average Bonchev–Trinajstić information content (AvgIpc) is 3.30. The largest absolute Gasteiger partial charge is 0.490 e. The summed E-state index contributed by atoms with van der Waals surface area (Å²) in [5, 5.41) is 15.7. The molecular formula is C28H34N8O3. The maximum absolute atomic E-state index is 12.9. The van der Waals surface area contributed by atoms with Crippen molar-refractivity contribution in [2.45, 2.75) is 26.0 Å². The lowest BCUT2D eigenvalue weighted by molar-refractivity contribution is 0.168. The molecule has 4 rings (SSSR count). The molecule has 0 amide bonds. The molecule has 39 heavy (non-hydrogen) atoms. The number of nitrogens with one attached hydrogen (secondary N) is 3. The average molecular weight is 531 g/mol. The number of aromatic nitrogens is 4. The van der Waals surface area contributed by atoms with Gasteiger partial charge in [0.1, 0.15) is 18.0 Å². The van der Waals surface area contributed by atoms with Gasteiger partial charge in [-0.05, 0) is 82.0 Å². The zero-order valence-electron chi connectivity index (χ0n) is 22.5. The van der Waals surface area contributed by atoms with Gasteiger partial charge in [0.2, 0.25) is 0 Å². The molecule has 4 aromatic rings. The van der Waals surface area contributed by atoms with Crippen LogP contribution in [0.3, 0.4) is 0 Å². The molecule has 11 nitrogen and oxygen atoms in total. The highest BCUT2D eigenvalue weighted by molar-refractivity contribution is 5.95. The minimum atomic E-state index is -0.557. The molecule has 0 bridgehead atoms. The summed E-state index contributed by atoms with van der Waals surface area (Å²) in [5.41, 5.74) is 7.36. The fourth-order valence-electron chi connectivity index (χ4n) is 4.17. The van der Waals surface area contributed by atoms with E-state index in [2.05, 4.69) is 25.3 Å². The van der Waals surface area contributed by atoms with Gasteiger partial charge in [0.25, 0.3) is 0 Å². The second-order valence-corrected chi connectivity index (χ2v) is 9.31. The zero-order chi connectivity index (χ0) is 27.9. The molecule has 0 aliphatic carbocycles. The first kappa shape index (κ1) is 27.4. The molecular weight excluding hydrogens is 496 g/mol. The maximum Gasteiger partial charge on any atom is 0.349 e. The van der Waals surface area contributed by atoms with Crippen molar-refractivity contribution in [1.82, 2.24) is 24.6 Å². The van der Waals surface area contributed by atoms with Gasteiger partial charge >= 0.3 is 5.69 Å². The Hall–Kier alpha value is -4.64. The van der Waals surface area contributed by atoms with Crippen molar-refractivity contribution >= 4 is 11.5 Å². The highest BCUT2D eigenvalue weighted by Gasteiger charge is 2.23. The van der Waals surface area contributed by atoms with Crippen LogP contribution in [0.15, 0.2) is 71.7 Å². The van der Waals surface area contributed by atoms with Crippen LogP contribution in [0, 0.1) is 5.41 Å². The standard InChI is InChI=1S/C28H34N8O3/c1-5-38-23-16-20(11-14-22(23)39-18(2)17-35(3)4)25(32-21-12-9-19(10-13-21)26(29)30)27-33-28(37)36(34-27)24-8-6-7-15-31-24/h6-16,18,25,32H,5,17H2,1-4H3,(H3,29,30)(H,33,34,37). The number of H-pyrrole nitrogens is 1. The van der Waals surface area contributed by atoms with Crippen LogP contribution in [0.25, 0.3) is 5.82 Å². The number of aromatic amines is 1. The summed E-state index contributed by atoms with van der Waals surface area (Å²) in [6.07, 6.45) is 1.55. The lowest BCUT2D eigenvalue weighted by Crippen LogP contribution is -2.28. The Balaban J connectivity index is 1.75. The summed E-state index contributed by atoms with van der Waals surface area (Å²) >= 11 is 0. The van der Waals surface area contributed by atoms with E-state index in [0.29, 0.717) is 35.3 Å². The topological polar surface area (TPSA) is 147 Å². The van der Waals surface area contributed by atoms with Crippen molar-refractivity contribution in [3.63, 3.8) is 0 Å². The quantitative estimate of drug-likeness (QED) is 0.161. The minimum Gasteiger partial charge on any atom is -0.490 e. The molecule has 0 fully saturated rings. The summed E-state index contributed by atoms with van der Waals surface area (Å²) in [4.78, 5) is 22.1. The van der Waals surface area contributed by atoms with Crippen LogP contribution in [0.5, 0.6) is 11.5 Å². The van der Waals surface area contributed by atoms with E-state index in [4.69, 9.17) is 20.6 Å². The number of hydrogen-bond donors (Lipinski definition) is 4. The third-order valence-corrected chi connectivity index (χ3v) is 5.83. The Labute approximate surface area is 227 Å². The maximum atomic E-state index is 12.9. The molecule has 5 N–H and O–H groups in total. The number of anilines is 1. The van der Waals surface area contributed by atoms with Gasteiger partial charge < -0.3 is 25.4 Å². The number of benzene rings is 2. The summed E-state index contributed by atoms with van der Waals surface area (Å²) in [5.74, 6) is 2.00. The van der Waals surface area contributed by atoms with Crippen LogP contribution in [0.4, 0.5) is 5.69 Å².